The summed E-state index contributed by atoms with van der Waals surface area (Å²) in [4.78, 5) is 11.0. The van der Waals surface area contributed by atoms with Crippen LogP contribution in [0.5, 0.6) is 0 Å². The molecule has 2 unspecified atom stereocenters. The van der Waals surface area contributed by atoms with Gasteiger partial charge in [0.15, 0.2) is 0 Å². The topological polar surface area (TPSA) is 53.1 Å². The Kier molecular flexibility index (Phi) is 4.01. The zero-order valence-electron chi connectivity index (χ0n) is 11.7. The zero-order valence-corrected chi connectivity index (χ0v) is 11.7. The molecule has 0 saturated carbocycles. The van der Waals surface area contributed by atoms with Crippen molar-refractivity contribution in [1.82, 2.24) is 14.9 Å². The Morgan fingerprint density at radius 2 is 2.06 bits per heavy atom. The van der Waals surface area contributed by atoms with Crippen LogP contribution < -0.4 is 10.6 Å². The van der Waals surface area contributed by atoms with E-state index in [0.29, 0.717) is 12.0 Å². The van der Waals surface area contributed by atoms with E-state index in [9.17, 15) is 0 Å². The van der Waals surface area contributed by atoms with Crippen LogP contribution in [0.1, 0.15) is 18.9 Å². The van der Waals surface area contributed by atoms with Crippen molar-refractivity contribution in [3.63, 3.8) is 0 Å². The van der Waals surface area contributed by atoms with Crippen LogP contribution in [0.2, 0.25) is 0 Å². The molecule has 1 aliphatic rings. The molecule has 1 fully saturated rings. The van der Waals surface area contributed by atoms with Crippen molar-refractivity contribution < 1.29 is 0 Å². The second-order valence-electron chi connectivity index (χ2n) is 5.22. The van der Waals surface area contributed by atoms with Gasteiger partial charge >= 0.3 is 0 Å². The number of nitrogens with zero attached hydrogens (tertiary/aromatic N) is 3. The Hall–Kier alpha value is -1.36. The lowest BCUT2D eigenvalue weighted by molar-refractivity contribution is 0.206. The molecule has 1 saturated heterocycles. The Labute approximate surface area is 109 Å². The normalized spacial score (nSPS) is 24.9. The first-order valence-electron chi connectivity index (χ1n) is 6.56. The highest BCUT2D eigenvalue weighted by molar-refractivity contribution is 5.56. The Morgan fingerprint density at radius 3 is 2.72 bits per heavy atom. The van der Waals surface area contributed by atoms with Crippen molar-refractivity contribution in [2.75, 3.05) is 37.8 Å². The van der Waals surface area contributed by atoms with Gasteiger partial charge < -0.3 is 15.5 Å². The first kappa shape index (κ1) is 13.1. The Morgan fingerprint density at radius 1 is 1.33 bits per heavy atom. The van der Waals surface area contributed by atoms with E-state index in [1.165, 1.54) is 0 Å². The predicted molar refractivity (Wildman–Crippen MR) is 75.0 cm³/mol. The van der Waals surface area contributed by atoms with Crippen molar-refractivity contribution in [3.8, 4) is 0 Å². The minimum Gasteiger partial charge on any atom is -0.373 e. The van der Waals surface area contributed by atoms with Gasteiger partial charge in [-0.15, -0.1) is 0 Å². The molecule has 100 valence electrons. The summed E-state index contributed by atoms with van der Waals surface area (Å²) in [6, 6.07) is 0.500. The number of piperidine rings is 1. The molecule has 0 radical (unpaired) electrons. The quantitative estimate of drug-likeness (QED) is 0.852. The molecule has 2 atom stereocenters. The van der Waals surface area contributed by atoms with Gasteiger partial charge in [-0.25, -0.2) is 9.97 Å². The van der Waals surface area contributed by atoms with Gasteiger partial charge in [0.25, 0.3) is 0 Å². The van der Waals surface area contributed by atoms with Crippen molar-refractivity contribution in [1.29, 1.82) is 0 Å². The van der Waals surface area contributed by atoms with E-state index in [2.05, 4.69) is 39.5 Å². The first-order valence-corrected chi connectivity index (χ1v) is 6.56. The molecule has 0 aromatic carbocycles. The number of nitrogens with one attached hydrogen (secondary N) is 2. The second-order valence-corrected chi connectivity index (χ2v) is 5.22. The van der Waals surface area contributed by atoms with Crippen LogP contribution in [0, 0.1) is 12.8 Å². The van der Waals surface area contributed by atoms with Gasteiger partial charge in [0.1, 0.15) is 18.0 Å². The monoisotopic (exact) mass is 249 g/mol. The molecule has 0 spiro atoms. The molecule has 18 heavy (non-hydrogen) atoms. The van der Waals surface area contributed by atoms with E-state index >= 15 is 0 Å². The molecule has 0 amide bonds. The van der Waals surface area contributed by atoms with Gasteiger partial charge in [-0.3, -0.25) is 0 Å². The molecule has 2 N–H and O–H groups in total. The van der Waals surface area contributed by atoms with Crippen molar-refractivity contribution in [2.24, 2.45) is 5.92 Å². The van der Waals surface area contributed by atoms with E-state index < -0.39 is 0 Å². The largest absolute Gasteiger partial charge is 0.373 e. The van der Waals surface area contributed by atoms with Crippen LogP contribution in [0.4, 0.5) is 11.6 Å². The van der Waals surface area contributed by atoms with Crippen LogP contribution in [0.25, 0.3) is 0 Å². The standard InChI is InChI=1S/C13H23N5/c1-9-7-18(4)6-5-11(9)17-13-10(2)12(14-3)15-8-16-13/h8-9,11H,5-7H2,1-4H3,(H2,14,15,16,17). The maximum atomic E-state index is 4.36. The van der Waals surface area contributed by atoms with Crippen molar-refractivity contribution in [3.05, 3.63) is 11.9 Å². The summed E-state index contributed by atoms with van der Waals surface area (Å²) in [6.45, 7) is 6.63. The van der Waals surface area contributed by atoms with E-state index in [1.807, 2.05) is 14.0 Å². The number of hydrogen-bond acceptors (Lipinski definition) is 5. The van der Waals surface area contributed by atoms with E-state index in [1.54, 1.807) is 6.33 Å². The van der Waals surface area contributed by atoms with Gasteiger partial charge in [-0.2, -0.15) is 0 Å². The molecule has 0 bridgehead atoms. The van der Waals surface area contributed by atoms with Gasteiger partial charge in [0.2, 0.25) is 0 Å². The summed E-state index contributed by atoms with van der Waals surface area (Å²) in [5, 5.41) is 6.67. The van der Waals surface area contributed by atoms with Gasteiger partial charge in [-0.1, -0.05) is 6.92 Å². The summed E-state index contributed by atoms with van der Waals surface area (Å²) in [5.74, 6) is 2.49. The third-order valence-electron chi connectivity index (χ3n) is 3.75. The average Bonchev–Trinajstić information content (AvgIpc) is 2.35. The van der Waals surface area contributed by atoms with Gasteiger partial charge in [-0.05, 0) is 32.9 Å². The summed E-state index contributed by atoms with van der Waals surface area (Å²) in [7, 11) is 4.07. The highest BCUT2D eigenvalue weighted by atomic mass is 15.1. The van der Waals surface area contributed by atoms with Crippen LogP contribution in [0.15, 0.2) is 6.33 Å². The second kappa shape index (κ2) is 5.52. The number of hydrogen-bond donors (Lipinski definition) is 2. The summed E-state index contributed by atoms with van der Waals surface area (Å²) >= 11 is 0. The minimum absolute atomic E-state index is 0.500. The third kappa shape index (κ3) is 2.72. The minimum atomic E-state index is 0.500. The smallest absolute Gasteiger partial charge is 0.134 e. The summed E-state index contributed by atoms with van der Waals surface area (Å²) in [5.41, 5.74) is 1.09. The lowest BCUT2D eigenvalue weighted by Gasteiger charge is -2.35. The van der Waals surface area contributed by atoms with Crippen molar-refractivity contribution in [2.45, 2.75) is 26.3 Å². The first-order chi connectivity index (χ1) is 8.61. The molecule has 1 aromatic heterocycles. The summed E-state index contributed by atoms with van der Waals surface area (Å²) < 4.78 is 0. The molecule has 1 aliphatic heterocycles. The van der Waals surface area contributed by atoms with Crippen LogP contribution in [0.3, 0.4) is 0 Å². The highest BCUT2D eigenvalue weighted by Gasteiger charge is 2.24. The lowest BCUT2D eigenvalue weighted by atomic mass is 9.94. The SMILES string of the molecule is CNc1ncnc(NC2CCN(C)CC2C)c1C. The number of rotatable bonds is 3. The van der Waals surface area contributed by atoms with Crippen LogP contribution in [-0.4, -0.2) is 48.1 Å². The highest BCUT2D eigenvalue weighted by Crippen LogP contribution is 2.23. The fourth-order valence-electron chi connectivity index (χ4n) is 2.59. The molecule has 2 rings (SSSR count). The fourth-order valence-corrected chi connectivity index (χ4v) is 2.59. The molecule has 5 heteroatoms. The molecular formula is C13H23N5. The molecule has 5 nitrogen and oxygen atoms in total. The lowest BCUT2D eigenvalue weighted by Crippen LogP contribution is -2.43. The summed E-state index contributed by atoms with van der Waals surface area (Å²) in [6.07, 6.45) is 2.77. The molecular weight excluding hydrogens is 226 g/mol. The van der Waals surface area contributed by atoms with Gasteiger partial charge in [0, 0.05) is 25.2 Å². The zero-order chi connectivity index (χ0) is 13.1. The average molecular weight is 249 g/mol. The van der Waals surface area contributed by atoms with Crippen LogP contribution >= 0.6 is 0 Å². The fraction of sp³-hybridized carbons (Fsp3) is 0.692. The third-order valence-corrected chi connectivity index (χ3v) is 3.75. The van der Waals surface area contributed by atoms with E-state index in [4.69, 9.17) is 0 Å². The van der Waals surface area contributed by atoms with Crippen LogP contribution in [-0.2, 0) is 0 Å². The maximum absolute atomic E-state index is 4.36. The van der Waals surface area contributed by atoms with E-state index in [0.717, 1.165) is 36.7 Å². The predicted octanol–water partition coefficient (Wildman–Crippen LogP) is 1.58. The number of anilines is 2. The Balaban J connectivity index is 2.09. The number of likely N-dealkylation sites (tertiary alicyclic amines) is 1. The molecule has 0 aliphatic carbocycles. The van der Waals surface area contributed by atoms with Crippen molar-refractivity contribution >= 4 is 11.6 Å². The molecule has 2 heterocycles. The van der Waals surface area contributed by atoms with Gasteiger partial charge in [0.05, 0.1) is 0 Å². The maximum Gasteiger partial charge on any atom is 0.134 e. The Bertz CT molecular complexity index is 406. The molecule has 1 aromatic rings. The number of aromatic nitrogens is 2. The van der Waals surface area contributed by atoms with E-state index in [-0.39, 0.29) is 0 Å².